The number of rotatable bonds is 7. The van der Waals surface area contributed by atoms with Gasteiger partial charge in [0.05, 0.1) is 5.75 Å². The maximum Gasteiger partial charge on any atom is 0.230 e. The molecule has 0 aliphatic carbocycles. The average Bonchev–Trinajstić information content (AvgIpc) is 2.37. The van der Waals surface area contributed by atoms with Crippen LogP contribution in [0.5, 0.6) is 0 Å². The zero-order chi connectivity index (χ0) is 13.4. The number of aliphatic hydroxyl groups excluding tert-OH is 1. The summed E-state index contributed by atoms with van der Waals surface area (Å²) in [5, 5.41) is 11.5. The van der Waals surface area contributed by atoms with Crippen molar-refractivity contribution in [3.8, 4) is 0 Å². The Balaban J connectivity index is 2.23. The SMILES string of the molecule is CC(CO)CSCC(=O)NCc1ccccc1F. The maximum atomic E-state index is 13.3. The topological polar surface area (TPSA) is 49.3 Å². The summed E-state index contributed by atoms with van der Waals surface area (Å²) < 4.78 is 13.3. The lowest BCUT2D eigenvalue weighted by atomic mass is 10.2. The third-order valence-electron chi connectivity index (χ3n) is 2.38. The van der Waals surface area contributed by atoms with Gasteiger partial charge >= 0.3 is 0 Å². The van der Waals surface area contributed by atoms with E-state index in [2.05, 4.69) is 5.32 Å². The van der Waals surface area contributed by atoms with Crippen LogP contribution in [0, 0.1) is 11.7 Å². The van der Waals surface area contributed by atoms with Gasteiger partial charge in [0.15, 0.2) is 0 Å². The molecule has 0 saturated heterocycles. The summed E-state index contributed by atoms with van der Waals surface area (Å²) in [5.74, 6) is 0.838. The van der Waals surface area contributed by atoms with Crippen LogP contribution in [0.15, 0.2) is 24.3 Å². The normalized spacial score (nSPS) is 12.2. The maximum absolute atomic E-state index is 13.3. The quantitative estimate of drug-likeness (QED) is 0.795. The number of nitrogens with one attached hydrogen (secondary N) is 1. The van der Waals surface area contributed by atoms with E-state index >= 15 is 0 Å². The number of hydrogen-bond donors (Lipinski definition) is 2. The molecular weight excluding hydrogens is 253 g/mol. The number of halogens is 1. The summed E-state index contributed by atoms with van der Waals surface area (Å²) in [5.41, 5.74) is 0.486. The van der Waals surface area contributed by atoms with Gasteiger partial charge in [-0.2, -0.15) is 11.8 Å². The standard InChI is InChI=1S/C13H18FNO2S/c1-10(7-16)8-18-9-13(17)15-6-11-4-2-3-5-12(11)14/h2-5,10,16H,6-9H2,1H3,(H,15,17). The molecule has 0 bridgehead atoms. The minimum absolute atomic E-state index is 0.117. The fourth-order valence-electron chi connectivity index (χ4n) is 1.29. The van der Waals surface area contributed by atoms with Crippen molar-refractivity contribution in [3.05, 3.63) is 35.6 Å². The van der Waals surface area contributed by atoms with Gasteiger partial charge in [-0.05, 0) is 17.7 Å². The van der Waals surface area contributed by atoms with Gasteiger partial charge in [-0.3, -0.25) is 4.79 Å². The van der Waals surface area contributed by atoms with Crippen molar-refractivity contribution in [2.24, 2.45) is 5.92 Å². The Kier molecular flexibility index (Phi) is 6.75. The monoisotopic (exact) mass is 271 g/mol. The molecule has 0 heterocycles. The first-order chi connectivity index (χ1) is 8.63. The van der Waals surface area contributed by atoms with E-state index in [0.717, 1.165) is 5.75 Å². The minimum atomic E-state index is -0.306. The van der Waals surface area contributed by atoms with Gasteiger partial charge in [0.1, 0.15) is 5.82 Å². The molecule has 18 heavy (non-hydrogen) atoms. The lowest BCUT2D eigenvalue weighted by Crippen LogP contribution is -2.25. The van der Waals surface area contributed by atoms with Gasteiger partial charge in [-0.25, -0.2) is 4.39 Å². The summed E-state index contributed by atoms with van der Waals surface area (Å²) >= 11 is 1.47. The van der Waals surface area contributed by atoms with Crippen LogP contribution in [0.3, 0.4) is 0 Å². The van der Waals surface area contributed by atoms with Gasteiger partial charge in [0.25, 0.3) is 0 Å². The number of carbonyl (C=O) groups excluding carboxylic acids is 1. The first kappa shape index (κ1) is 15.0. The first-order valence-corrected chi connectivity index (χ1v) is 6.97. The minimum Gasteiger partial charge on any atom is -0.396 e. The molecule has 0 aliphatic heterocycles. The molecule has 1 rings (SSSR count). The van der Waals surface area contributed by atoms with Crippen LogP contribution >= 0.6 is 11.8 Å². The van der Waals surface area contributed by atoms with Crippen LogP contribution in [0.25, 0.3) is 0 Å². The van der Waals surface area contributed by atoms with Gasteiger partial charge in [0, 0.05) is 18.7 Å². The predicted molar refractivity (Wildman–Crippen MR) is 71.8 cm³/mol. The zero-order valence-corrected chi connectivity index (χ0v) is 11.2. The molecule has 1 atom stereocenters. The van der Waals surface area contributed by atoms with E-state index in [4.69, 9.17) is 5.11 Å². The molecule has 1 amide bonds. The molecule has 1 aromatic rings. The van der Waals surface area contributed by atoms with Gasteiger partial charge < -0.3 is 10.4 Å². The highest BCUT2D eigenvalue weighted by Crippen LogP contribution is 2.08. The summed E-state index contributed by atoms with van der Waals surface area (Å²) in [7, 11) is 0. The second-order valence-electron chi connectivity index (χ2n) is 4.17. The van der Waals surface area contributed by atoms with Crippen molar-refractivity contribution in [2.75, 3.05) is 18.1 Å². The van der Waals surface area contributed by atoms with Crippen molar-refractivity contribution in [1.29, 1.82) is 0 Å². The summed E-state index contributed by atoms with van der Waals surface area (Å²) in [6.45, 7) is 2.26. The van der Waals surface area contributed by atoms with E-state index in [-0.39, 0.29) is 30.8 Å². The van der Waals surface area contributed by atoms with Crippen molar-refractivity contribution in [3.63, 3.8) is 0 Å². The highest BCUT2D eigenvalue weighted by atomic mass is 32.2. The first-order valence-electron chi connectivity index (χ1n) is 5.82. The Hall–Kier alpha value is -1.07. The van der Waals surface area contributed by atoms with Crippen LogP contribution in [0.4, 0.5) is 4.39 Å². The van der Waals surface area contributed by atoms with Crippen LogP contribution < -0.4 is 5.32 Å². The lowest BCUT2D eigenvalue weighted by Gasteiger charge is -2.08. The lowest BCUT2D eigenvalue weighted by molar-refractivity contribution is -0.118. The molecule has 0 aromatic heterocycles. The Morgan fingerprint density at radius 1 is 1.50 bits per heavy atom. The molecular formula is C13H18FNO2S. The van der Waals surface area contributed by atoms with Crippen molar-refractivity contribution >= 4 is 17.7 Å². The van der Waals surface area contributed by atoms with E-state index in [1.165, 1.54) is 17.8 Å². The van der Waals surface area contributed by atoms with Crippen molar-refractivity contribution < 1.29 is 14.3 Å². The van der Waals surface area contributed by atoms with Crippen molar-refractivity contribution in [2.45, 2.75) is 13.5 Å². The predicted octanol–water partition coefficient (Wildman–Crippen LogP) is 1.80. The van der Waals surface area contributed by atoms with Crippen LogP contribution in [0.1, 0.15) is 12.5 Å². The van der Waals surface area contributed by atoms with Crippen LogP contribution in [-0.4, -0.2) is 29.1 Å². The number of benzene rings is 1. The Morgan fingerprint density at radius 2 is 2.22 bits per heavy atom. The molecule has 0 saturated carbocycles. The number of hydrogen-bond acceptors (Lipinski definition) is 3. The largest absolute Gasteiger partial charge is 0.396 e. The number of aliphatic hydroxyl groups is 1. The summed E-state index contributed by atoms with van der Waals surface area (Å²) in [4.78, 5) is 11.5. The molecule has 2 N–H and O–H groups in total. The zero-order valence-electron chi connectivity index (χ0n) is 10.4. The molecule has 1 unspecified atom stereocenters. The van der Waals surface area contributed by atoms with Gasteiger partial charge in [-0.15, -0.1) is 0 Å². The second kappa shape index (κ2) is 8.11. The molecule has 1 aromatic carbocycles. The number of thioether (sulfide) groups is 1. The molecule has 0 aliphatic rings. The average molecular weight is 271 g/mol. The van der Waals surface area contributed by atoms with E-state index in [0.29, 0.717) is 11.3 Å². The molecule has 0 radical (unpaired) electrons. The smallest absolute Gasteiger partial charge is 0.230 e. The Morgan fingerprint density at radius 3 is 2.89 bits per heavy atom. The number of amides is 1. The highest BCUT2D eigenvalue weighted by molar-refractivity contribution is 7.99. The molecule has 0 fully saturated rings. The van der Waals surface area contributed by atoms with Crippen LogP contribution in [-0.2, 0) is 11.3 Å². The molecule has 3 nitrogen and oxygen atoms in total. The molecule has 5 heteroatoms. The Labute approximate surface area is 111 Å². The fraction of sp³-hybridized carbons (Fsp3) is 0.462. The Bertz CT molecular complexity index is 387. The van der Waals surface area contributed by atoms with Gasteiger partial charge in [0.2, 0.25) is 5.91 Å². The van der Waals surface area contributed by atoms with E-state index in [9.17, 15) is 9.18 Å². The molecule has 0 spiro atoms. The van der Waals surface area contributed by atoms with E-state index in [1.54, 1.807) is 18.2 Å². The fourth-order valence-corrected chi connectivity index (χ4v) is 2.21. The molecule has 100 valence electrons. The van der Waals surface area contributed by atoms with E-state index < -0.39 is 0 Å². The summed E-state index contributed by atoms with van der Waals surface area (Å²) in [6, 6.07) is 6.38. The number of carbonyl (C=O) groups is 1. The highest BCUT2D eigenvalue weighted by Gasteiger charge is 2.06. The summed E-state index contributed by atoms with van der Waals surface area (Å²) in [6.07, 6.45) is 0. The second-order valence-corrected chi connectivity index (χ2v) is 5.20. The van der Waals surface area contributed by atoms with Gasteiger partial charge in [-0.1, -0.05) is 25.1 Å². The van der Waals surface area contributed by atoms with E-state index in [1.807, 2.05) is 6.92 Å². The van der Waals surface area contributed by atoms with Crippen LogP contribution in [0.2, 0.25) is 0 Å². The third-order valence-corrected chi connectivity index (χ3v) is 3.65. The third kappa shape index (κ3) is 5.51. The van der Waals surface area contributed by atoms with Crippen molar-refractivity contribution in [1.82, 2.24) is 5.32 Å².